The first-order valence-electron chi connectivity index (χ1n) is 10.2. The van der Waals surface area contributed by atoms with Crippen molar-refractivity contribution in [3.05, 3.63) is 92.1 Å². The minimum absolute atomic E-state index is 0.194. The van der Waals surface area contributed by atoms with Gasteiger partial charge in [0, 0.05) is 34.3 Å². The number of nitrogens with zero attached hydrogens (tertiary/aromatic N) is 1. The van der Waals surface area contributed by atoms with Crippen LogP contribution >= 0.6 is 22.9 Å². The molecule has 0 unspecified atom stereocenters. The molecule has 1 aromatic heterocycles. The summed E-state index contributed by atoms with van der Waals surface area (Å²) in [4.78, 5) is 28.3. The standard InChI is InChI=1S/C24H23ClN2O4S/c25-20-8-4-3-5-15(20)11-18-9-10-19(32-18)12-26-23(30)21(28)22(29)24(31)27-13-16-6-1-2-7-17(16)14-27/h1-10,21-22,28-29H,11-14H2,(H,26,30)/t21-,22-/m1/s1. The quantitative estimate of drug-likeness (QED) is 0.495. The van der Waals surface area contributed by atoms with E-state index in [0.29, 0.717) is 24.5 Å². The second kappa shape index (κ2) is 9.83. The Balaban J connectivity index is 1.29. The van der Waals surface area contributed by atoms with E-state index in [9.17, 15) is 19.8 Å². The van der Waals surface area contributed by atoms with Crippen LogP contribution in [0.2, 0.25) is 5.02 Å². The molecule has 0 bridgehead atoms. The Morgan fingerprint density at radius 3 is 2.25 bits per heavy atom. The van der Waals surface area contributed by atoms with Crippen LogP contribution in [-0.2, 0) is 35.6 Å². The Morgan fingerprint density at radius 1 is 0.938 bits per heavy atom. The van der Waals surface area contributed by atoms with E-state index in [0.717, 1.165) is 26.4 Å². The lowest BCUT2D eigenvalue weighted by Crippen LogP contribution is -2.49. The molecule has 1 aliphatic rings. The predicted molar refractivity (Wildman–Crippen MR) is 123 cm³/mol. The van der Waals surface area contributed by atoms with E-state index in [1.165, 1.54) is 16.2 Å². The number of nitrogens with one attached hydrogen (secondary N) is 1. The molecule has 3 N–H and O–H groups in total. The molecule has 2 aromatic carbocycles. The highest BCUT2D eigenvalue weighted by Gasteiger charge is 2.35. The molecule has 0 saturated carbocycles. The fourth-order valence-electron chi connectivity index (χ4n) is 3.68. The van der Waals surface area contributed by atoms with E-state index >= 15 is 0 Å². The number of carbonyl (C=O) groups excluding carboxylic acids is 2. The summed E-state index contributed by atoms with van der Waals surface area (Å²) >= 11 is 7.74. The summed E-state index contributed by atoms with van der Waals surface area (Å²) in [6.07, 6.45) is -2.97. The van der Waals surface area contributed by atoms with Gasteiger partial charge in [-0.2, -0.15) is 0 Å². The smallest absolute Gasteiger partial charge is 0.255 e. The van der Waals surface area contributed by atoms with Gasteiger partial charge >= 0.3 is 0 Å². The van der Waals surface area contributed by atoms with Crippen LogP contribution in [0, 0.1) is 0 Å². The summed E-state index contributed by atoms with van der Waals surface area (Å²) in [6, 6.07) is 19.1. The number of halogens is 1. The van der Waals surface area contributed by atoms with Crippen LogP contribution in [0.15, 0.2) is 60.7 Å². The van der Waals surface area contributed by atoms with Crippen molar-refractivity contribution in [2.75, 3.05) is 0 Å². The van der Waals surface area contributed by atoms with Crippen molar-refractivity contribution < 1.29 is 19.8 Å². The Bertz CT molecular complexity index is 1110. The lowest BCUT2D eigenvalue weighted by molar-refractivity contribution is -0.153. The molecular formula is C24H23ClN2O4S. The van der Waals surface area contributed by atoms with Crippen LogP contribution in [0.3, 0.4) is 0 Å². The number of benzene rings is 2. The van der Waals surface area contributed by atoms with Gasteiger partial charge in [-0.3, -0.25) is 9.59 Å². The van der Waals surface area contributed by atoms with Crippen molar-refractivity contribution in [3.63, 3.8) is 0 Å². The maximum Gasteiger partial charge on any atom is 0.255 e. The average Bonchev–Trinajstić information content (AvgIpc) is 3.44. The third-order valence-corrected chi connectivity index (χ3v) is 6.90. The van der Waals surface area contributed by atoms with E-state index in [2.05, 4.69) is 5.32 Å². The topological polar surface area (TPSA) is 89.9 Å². The van der Waals surface area contributed by atoms with Gasteiger partial charge in [0.1, 0.15) is 0 Å². The van der Waals surface area contributed by atoms with Crippen LogP contribution in [0.4, 0.5) is 0 Å². The minimum Gasteiger partial charge on any atom is -0.380 e. The SMILES string of the molecule is O=C(NCc1ccc(Cc2ccccc2Cl)s1)[C@H](O)[C@@H](O)C(=O)N1Cc2ccccc2C1. The predicted octanol–water partition coefficient (Wildman–Crippen LogP) is 2.87. The normalized spacial score (nSPS) is 14.7. The number of carbonyl (C=O) groups is 2. The number of rotatable bonds is 7. The molecule has 2 amide bonds. The molecule has 4 rings (SSSR count). The Morgan fingerprint density at radius 2 is 1.56 bits per heavy atom. The zero-order chi connectivity index (χ0) is 22.7. The van der Waals surface area contributed by atoms with Gasteiger partial charge in [0.15, 0.2) is 12.2 Å². The Hall–Kier alpha value is -2.71. The molecule has 0 aliphatic carbocycles. The minimum atomic E-state index is -1.84. The summed E-state index contributed by atoms with van der Waals surface area (Å²) in [5.41, 5.74) is 3.02. The maximum absolute atomic E-state index is 12.6. The zero-order valence-electron chi connectivity index (χ0n) is 17.2. The van der Waals surface area contributed by atoms with Gasteiger partial charge in [-0.25, -0.2) is 0 Å². The molecular weight excluding hydrogens is 448 g/mol. The van der Waals surface area contributed by atoms with Crippen molar-refractivity contribution in [1.29, 1.82) is 0 Å². The second-order valence-corrected chi connectivity index (χ2v) is 9.37. The van der Waals surface area contributed by atoms with Crippen molar-refractivity contribution in [2.24, 2.45) is 0 Å². The number of hydrogen-bond donors (Lipinski definition) is 3. The highest BCUT2D eigenvalue weighted by atomic mass is 35.5. The first kappa shape index (κ1) is 22.5. The van der Waals surface area contributed by atoms with Crippen molar-refractivity contribution in [1.82, 2.24) is 10.2 Å². The summed E-state index contributed by atoms with van der Waals surface area (Å²) in [6.45, 7) is 0.896. The van der Waals surface area contributed by atoms with Crippen LogP contribution < -0.4 is 5.32 Å². The van der Waals surface area contributed by atoms with Crippen molar-refractivity contribution in [3.8, 4) is 0 Å². The average molecular weight is 471 g/mol. The van der Waals surface area contributed by atoms with Crippen molar-refractivity contribution in [2.45, 2.75) is 38.3 Å². The monoisotopic (exact) mass is 470 g/mol. The molecule has 2 heterocycles. The molecule has 3 aromatic rings. The van der Waals surface area contributed by atoms with Crippen LogP contribution in [-0.4, -0.2) is 39.1 Å². The lowest BCUT2D eigenvalue weighted by atomic mass is 10.1. The number of hydrogen-bond acceptors (Lipinski definition) is 5. The van der Waals surface area contributed by atoms with Gasteiger partial charge in [0.05, 0.1) is 6.54 Å². The first-order chi connectivity index (χ1) is 15.4. The van der Waals surface area contributed by atoms with E-state index < -0.39 is 24.0 Å². The van der Waals surface area contributed by atoms with Crippen molar-refractivity contribution >= 4 is 34.8 Å². The molecule has 0 radical (unpaired) electrons. The van der Waals surface area contributed by atoms with Crippen LogP contribution in [0.5, 0.6) is 0 Å². The summed E-state index contributed by atoms with van der Waals surface area (Å²) in [5, 5.41) is 23.8. The van der Waals surface area contributed by atoms with E-state index in [-0.39, 0.29) is 6.54 Å². The summed E-state index contributed by atoms with van der Waals surface area (Å²) in [7, 11) is 0. The molecule has 2 atom stereocenters. The number of fused-ring (bicyclic) bond motifs is 1. The van der Waals surface area contributed by atoms with E-state index in [1.807, 2.05) is 60.7 Å². The highest BCUT2D eigenvalue weighted by Crippen LogP contribution is 2.25. The fraction of sp³-hybridized carbons (Fsp3) is 0.250. The zero-order valence-corrected chi connectivity index (χ0v) is 18.8. The van der Waals surface area contributed by atoms with Crippen LogP contribution in [0.25, 0.3) is 0 Å². The maximum atomic E-state index is 12.6. The molecule has 8 heteroatoms. The number of thiophene rings is 1. The Kier molecular flexibility index (Phi) is 6.91. The number of amides is 2. The molecule has 0 saturated heterocycles. The largest absolute Gasteiger partial charge is 0.380 e. The molecule has 32 heavy (non-hydrogen) atoms. The molecule has 6 nitrogen and oxygen atoms in total. The van der Waals surface area contributed by atoms with Gasteiger partial charge < -0.3 is 20.4 Å². The van der Waals surface area contributed by atoms with Gasteiger partial charge in [-0.05, 0) is 34.9 Å². The summed E-state index contributed by atoms with van der Waals surface area (Å²) < 4.78 is 0. The molecule has 166 valence electrons. The lowest BCUT2D eigenvalue weighted by Gasteiger charge is -2.22. The highest BCUT2D eigenvalue weighted by molar-refractivity contribution is 7.12. The van der Waals surface area contributed by atoms with E-state index in [4.69, 9.17) is 11.6 Å². The second-order valence-electron chi connectivity index (χ2n) is 7.71. The first-order valence-corrected chi connectivity index (χ1v) is 11.4. The molecule has 1 aliphatic heterocycles. The summed E-state index contributed by atoms with van der Waals surface area (Å²) in [5.74, 6) is -1.45. The van der Waals surface area contributed by atoms with Gasteiger partial charge in [0.2, 0.25) is 0 Å². The molecule has 0 fully saturated rings. The van der Waals surface area contributed by atoms with E-state index in [1.54, 1.807) is 0 Å². The molecule has 0 spiro atoms. The number of aliphatic hydroxyl groups is 2. The third kappa shape index (κ3) is 5.02. The number of aliphatic hydroxyl groups excluding tert-OH is 2. The van der Waals surface area contributed by atoms with Gasteiger partial charge in [-0.1, -0.05) is 54.1 Å². The van der Waals surface area contributed by atoms with Crippen LogP contribution in [0.1, 0.15) is 26.4 Å². The Labute approximate surface area is 195 Å². The fourth-order valence-corrected chi connectivity index (χ4v) is 4.86. The van der Waals surface area contributed by atoms with Gasteiger partial charge in [-0.15, -0.1) is 11.3 Å². The third-order valence-electron chi connectivity index (χ3n) is 5.45. The van der Waals surface area contributed by atoms with Gasteiger partial charge in [0.25, 0.3) is 11.8 Å².